The highest BCUT2D eigenvalue weighted by Crippen LogP contribution is 2.43. The first-order valence-electron chi connectivity index (χ1n) is 21.0. The summed E-state index contributed by atoms with van der Waals surface area (Å²) in [7, 11) is -4.73. The third kappa shape index (κ3) is 37.8. The Labute approximate surface area is 338 Å². The largest absolute Gasteiger partial charge is 0.480 e. The zero-order valence-electron chi connectivity index (χ0n) is 34.4. The van der Waals surface area contributed by atoms with Gasteiger partial charge in [0.25, 0.3) is 0 Å². The molecule has 0 aromatic carbocycles. The zero-order chi connectivity index (χ0) is 41.4. The van der Waals surface area contributed by atoms with E-state index in [4.69, 9.17) is 24.8 Å². The number of hydrogen-bond donors (Lipinski definition) is 3. The molecule has 0 aliphatic carbocycles. The monoisotopic (exact) mass is 808 g/mol. The number of phosphoric ester groups is 1. The summed E-state index contributed by atoms with van der Waals surface area (Å²) in [6.45, 7) is 2.59. The topological polar surface area (TPSA) is 172 Å². The van der Waals surface area contributed by atoms with Crippen molar-refractivity contribution in [1.29, 1.82) is 0 Å². The Balaban J connectivity index is 4.47. The normalized spacial score (nSPS) is 14.5. The summed E-state index contributed by atoms with van der Waals surface area (Å²) in [5.41, 5.74) is 5.32. The van der Waals surface area contributed by atoms with Gasteiger partial charge < -0.3 is 25.2 Å². The lowest BCUT2D eigenvalue weighted by molar-refractivity contribution is -0.161. The van der Waals surface area contributed by atoms with Gasteiger partial charge in [-0.3, -0.25) is 23.4 Å². The number of rotatable bonds is 38. The second-order valence-corrected chi connectivity index (χ2v) is 15.2. The molecule has 0 radical (unpaired) electrons. The maximum atomic E-state index is 12.6. The number of hydrogen-bond acceptors (Lipinski definition) is 9. The molecule has 0 spiro atoms. The van der Waals surface area contributed by atoms with Gasteiger partial charge in [0.15, 0.2) is 6.10 Å². The van der Waals surface area contributed by atoms with Gasteiger partial charge in [-0.1, -0.05) is 132 Å². The van der Waals surface area contributed by atoms with Gasteiger partial charge in [0.05, 0.1) is 13.2 Å². The first-order chi connectivity index (χ1) is 27.1. The van der Waals surface area contributed by atoms with Crippen LogP contribution in [0.3, 0.4) is 0 Å². The van der Waals surface area contributed by atoms with Gasteiger partial charge in [-0.15, -0.1) is 0 Å². The van der Waals surface area contributed by atoms with Crippen LogP contribution in [0.25, 0.3) is 0 Å². The van der Waals surface area contributed by atoms with Crippen molar-refractivity contribution in [3.63, 3.8) is 0 Å². The van der Waals surface area contributed by atoms with E-state index in [0.29, 0.717) is 12.8 Å². The van der Waals surface area contributed by atoms with Crippen LogP contribution in [0.4, 0.5) is 0 Å². The van der Waals surface area contributed by atoms with Crippen molar-refractivity contribution in [2.45, 2.75) is 167 Å². The average molecular weight is 808 g/mol. The van der Waals surface area contributed by atoms with Crippen LogP contribution in [-0.2, 0) is 37.5 Å². The van der Waals surface area contributed by atoms with Gasteiger partial charge in [-0.2, -0.15) is 0 Å². The minimum absolute atomic E-state index is 0.103. The van der Waals surface area contributed by atoms with E-state index in [1.807, 2.05) is 0 Å². The van der Waals surface area contributed by atoms with E-state index in [1.54, 1.807) is 0 Å². The van der Waals surface area contributed by atoms with Crippen molar-refractivity contribution in [1.82, 2.24) is 0 Å². The van der Waals surface area contributed by atoms with Gasteiger partial charge in [-0.05, 0) is 83.5 Å². The van der Waals surface area contributed by atoms with Crippen molar-refractivity contribution in [2.75, 3.05) is 19.8 Å². The quantitative estimate of drug-likeness (QED) is 0.0235. The molecule has 0 aromatic rings. The second-order valence-electron chi connectivity index (χ2n) is 13.7. The number of unbranched alkanes of at least 4 members (excludes halogenated alkanes) is 12. The first kappa shape index (κ1) is 52.9. The van der Waals surface area contributed by atoms with E-state index in [2.05, 4.69) is 91.3 Å². The van der Waals surface area contributed by atoms with E-state index < -0.39 is 51.1 Å². The number of esters is 2. The van der Waals surface area contributed by atoms with E-state index in [0.717, 1.165) is 77.0 Å². The fourth-order valence-electron chi connectivity index (χ4n) is 5.14. The fourth-order valence-corrected chi connectivity index (χ4v) is 5.92. The van der Waals surface area contributed by atoms with Gasteiger partial charge in [0.1, 0.15) is 12.6 Å². The molecule has 0 saturated heterocycles. The van der Waals surface area contributed by atoms with Crippen molar-refractivity contribution in [3.8, 4) is 0 Å². The molecule has 0 heterocycles. The van der Waals surface area contributed by atoms with Gasteiger partial charge in [0.2, 0.25) is 0 Å². The van der Waals surface area contributed by atoms with E-state index in [-0.39, 0.29) is 19.4 Å². The number of aliphatic carboxylic acids is 1. The minimum atomic E-state index is -4.73. The Morgan fingerprint density at radius 2 is 1.00 bits per heavy atom. The predicted molar refractivity (Wildman–Crippen MR) is 226 cm³/mol. The Morgan fingerprint density at radius 1 is 0.571 bits per heavy atom. The Bertz CT molecular complexity index is 1230. The van der Waals surface area contributed by atoms with Crippen LogP contribution in [0.15, 0.2) is 72.9 Å². The number of carbonyl (C=O) groups excluding carboxylic acids is 2. The van der Waals surface area contributed by atoms with Crippen LogP contribution >= 0.6 is 7.82 Å². The SMILES string of the molecule is CC/C=C\C/C=C\C/C=C\C/C=C\CCCCC(=O)OC(COC(=O)CCCCCCCCC/C=C\C/C=C\CCCCC)COP(=O)(O)OCC(N)C(=O)O. The lowest BCUT2D eigenvalue weighted by Crippen LogP contribution is -2.34. The number of carbonyl (C=O) groups is 3. The molecule has 4 N–H and O–H groups in total. The van der Waals surface area contributed by atoms with Crippen molar-refractivity contribution in [2.24, 2.45) is 5.73 Å². The van der Waals surface area contributed by atoms with Gasteiger partial charge in [0, 0.05) is 12.8 Å². The lowest BCUT2D eigenvalue weighted by Gasteiger charge is -2.20. The molecule has 0 aliphatic heterocycles. The molecular formula is C44H74NO10P. The standard InChI is InChI=1S/C44H74NO10P/c1-3-5-7-9-11-13-15-17-19-20-22-23-25-27-29-31-33-35-42(46)52-37-40(38-53-56(50,51)54-39-41(45)44(48)49)55-43(47)36-34-32-30-28-26-24-21-18-16-14-12-10-8-6-4-2/h6,8,11-14,17-19,21,26,28,40-41H,3-5,7,9-10,15-16,20,22-25,27,29-39,45H2,1-2H3,(H,48,49)(H,50,51)/b8-6-,13-11-,14-12-,19-17-,21-18-,28-26-. The molecule has 0 rings (SSSR count). The van der Waals surface area contributed by atoms with E-state index in [9.17, 15) is 23.8 Å². The summed E-state index contributed by atoms with van der Waals surface area (Å²) in [5.74, 6) is -2.45. The number of ether oxygens (including phenoxy) is 2. The van der Waals surface area contributed by atoms with Crippen LogP contribution in [0, 0.1) is 0 Å². The van der Waals surface area contributed by atoms with E-state index >= 15 is 0 Å². The Morgan fingerprint density at radius 3 is 1.54 bits per heavy atom. The Kier molecular flexibility index (Phi) is 36.6. The zero-order valence-corrected chi connectivity index (χ0v) is 35.3. The molecule has 3 unspecified atom stereocenters. The third-order valence-corrected chi connectivity index (χ3v) is 9.39. The average Bonchev–Trinajstić information content (AvgIpc) is 3.17. The van der Waals surface area contributed by atoms with Crippen LogP contribution in [-0.4, -0.2) is 59.9 Å². The second kappa shape index (κ2) is 38.8. The molecule has 320 valence electrons. The molecule has 12 heteroatoms. The first-order valence-corrected chi connectivity index (χ1v) is 22.5. The summed E-state index contributed by atoms with van der Waals surface area (Å²) in [4.78, 5) is 45.9. The summed E-state index contributed by atoms with van der Waals surface area (Å²) in [5, 5.41) is 8.88. The number of allylic oxidation sites excluding steroid dienone is 12. The van der Waals surface area contributed by atoms with Gasteiger partial charge in [-0.25, -0.2) is 4.57 Å². The molecule has 0 aliphatic rings. The maximum absolute atomic E-state index is 12.6. The highest BCUT2D eigenvalue weighted by molar-refractivity contribution is 7.47. The molecule has 0 bridgehead atoms. The molecule has 0 amide bonds. The number of phosphoric acid groups is 1. The van der Waals surface area contributed by atoms with E-state index in [1.165, 1.54) is 38.5 Å². The molecule has 3 atom stereocenters. The molecule has 0 fully saturated rings. The minimum Gasteiger partial charge on any atom is -0.480 e. The molecule has 11 nitrogen and oxygen atoms in total. The number of carboxylic acids is 1. The summed E-state index contributed by atoms with van der Waals surface area (Å²) in [6.07, 6.45) is 45.4. The molecule has 0 saturated carbocycles. The maximum Gasteiger partial charge on any atom is 0.472 e. The summed E-state index contributed by atoms with van der Waals surface area (Å²) in [6, 6.07) is -1.53. The lowest BCUT2D eigenvalue weighted by atomic mass is 10.1. The van der Waals surface area contributed by atoms with Crippen molar-refractivity contribution < 1.29 is 47.5 Å². The third-order valence-electron chi connectivity index (χ3n) is 8.44. The van der Waals surface area contributed by atoms with Crippen molar-refractivity contribution >= 4 is 25.7 Å². The summed E-state index contributed by atoms with van der Waals surface area (Å²) < 4.78 is 32.6. The van der Waals surface area contributed by atoms with Crippen LogP contribution < -0.4 is 5.73 Å². The highest BCUT2D eigenvalue weighted by Gasteiger charge is 2.28. The molecule has 0 aromatic heterocycles. The van der Waals surface area contributed by atoms with Crippen LogP contribution in [0.5, 0.6) is 0 Å². The molecule has 56 heavy (non-hydrogen) atoms. The number of carboxylic acid groups (broad SMARTS) is 1. The Hall–Kier alpha value is -3.08. The highest BCUT2D eigenvalue weighted by atomic mass is 31.2. The smallest absolute Gasteiger partial charge is 0.472 e. The predicted octanol–water partition coefficient (Wildman–Crippen LogP) is 10.9. The van der Waals surface area contributed by atoms with Crippen molar-refractivity contribution in [3.05, 3.63) is 72.9 Å². The fraction of sp³-hybridized carbons (Fsp3) is 0.659. The summed E-state index contributed by atoms with van der Waals surface area (Å²) >= 11 is 0. The molecular weight excluding hydrogens is 733 g/mol. The number of nitrogens with two attached hydrogens (primary N) is 1. The van der Waals surface area contributed by atoms with Crippen LogP contribution in [0.2, 0.25) is 0 Å². The van der Waals surface area contributed by atoms with Crippen LogP contribution in [0.1, 0.15) is 155 Å². The van der Waals surface area contributed by atoms with Gasteiger partial charge >= 0.3 is 25.7 Å².